The fourth-order valence-electron chi connectivity index (χ4n) is 3.04. The van der Waals surface area contributed by atoms with Gasteiger partial charge in [-0.15, -0.1) is 0 Å². The minimum atomic E-state index is -1.14. The largest absolute Gasteiger partial charge is 0.480 e. The minimum absolute atomic E-state index is 0.418. The van der Waals surface area contributed by atoms with Crippen molar-refractivity contribution in [3.05, 3.63) is 29.8 Å². The van der Waals surface area contributed by atoms with Crippen molar-refractivity contribution in [2.75, 3.05) is 13.1 Å². The molecule has 0 aromatic carbocycles. The van der Waals surface area contributed by atoms with E-state index < -0.39 is 17.3 Å². The Labute approximate surface area is 118 Å². The van der Waals surface area contributed by atoms with Gasteiger partial charge in [0.2, 0.25) is 0 Å². The molecule has 0 bridgehead atoms. The number of aromatic nitrogens is 1. The van der Waals surface area contributed by atoms with Crippen LogP contribution in [0.5, 0.6) is 0 Å². The molecule has 5 heteroatoms. The third kappa shape index (κ3) is 2.68. The maximum Gasteiger partial charge on any atom is 0.330 e. The Morgan fingerprint density at radius 1 is 1.35 bits per heavy atom. The average Bonchev–Trinajstić information content (AvgIpc) is 2.71. The molecule has 1 atom stereocenters. The molecule has 1 N–H and O–H groups in total. The average molecular weight is 280 g/mol. The second-order valence-electron chi connectivity index (χ2n) is 5.28. The fraction of sp³-hybridized carbons (Fsp3) is 0.600. The molecule has 110 valence electrons. The highest BCUT2D eigenvalue weighted by Crippen LogP contribution is 2.33. The number of likely N-dealkylation sites (tertiary alicyclic amines) is 1. The van der Waals surface area contributed by atoms with Crippen LogP contribution in [0.3, 0.4) is 0 Å². The molecule has 0 aliphatic carbocycles. The first-order chi connectivity index (χ1) is 9.61. The quantitative estimate of drug-likeness (QED) is 0.921. The number of carboxylic acid groups (broad SMARTS) is 1. The van der Waals surface area contributed by atoms with Crippen LogP contribution in [0.4, 0.5) is 4.39 Å². The Balaban J connectivity index is 2.43. The summed E-state index contributed by atoms with van der Waals surface area (Å²) in [7, 11) is 0. The van der Waals surface area contributed by atoms with Gasteiger partial charge in [0, 0.05) is 0 Å². The van der Waals surface area contributed by atoms with Crippen molar-refractivity contribution in [3.8, 4) is 0 Å². The molecule has 1 saturated heterocycles. The summed E-state index contributed by atoms with van der Waals surface area (Å²) in [6, 6.07) is 2.78. The molecule has 2 heterocycles. The van der Waals surface area contributed by atoms with E-state index in [0.29, 0.717) is 12.1 Å². The van der Waals surface area contributed by atoms with E-state index in [1.165, 1.54) is 12.1 Å². The van der Waals surface area contributed by atoms with Gasteiger partial charge in [0.1, 0.15) is 5.82 Å². The van der Waals surface area contributed by atoms with E-state index >= 15 is 0 Å². The lowest BCUT2D eigenvalue weighted by Gasteiger charge is -2.39. The molecule has 4 nitrogen and oxygen atoms in total. The second-order valence-corrected chi connectivity index (χ2v) is 5.28. The van der Waals surface area contributed by atoms with Crippen LogP contribution in [0.2, 0.25) is 0 Å². The van der Waals surface area contributed by atoms with Gasteiger partial charge >= 0.3 is 5.97 Å². The van der Waals surface area contributed by atoms with Gasteiger partial charge in [-0.25, -0.2) is 9.18 Å². The fourth-order valence-corrected chi connectivity index (χ4v) is 3.04. The third-order valence-electron chi connectivity index (χ3n) is 4.16. The monoisotopic (exact) mass is 280 g/mol. The Hall–Kier alpha value is -1.49. The minimum Gasteiger partial charge on any atom is -0.480 e. The van der Waals surface area contributed by atoms with E-state index in [1.54, 1.807) is 0 Å². The number of nitrogens with zero attached hydrogens (tertiary/aromatic N) is 2. The molecule has 1 aliphatic heterocycles. The van der Waals surface area contributed by atoms with Gasteiger partial charge in [-0.3, -0.25) is 9.88 Å². The lowest BCUT2D eigenvalue weighted by atomic mass is 9.88. The van der Waals surface area contributed by atoms with Gasteiger partial charge in [-0.1, -0.05) is 19.8 Å². The predicted octanol–water partition coefficient (Wildman–Crippen LogP) is 2.79. The van der Waals surface area contributed by atoms with Gasteiger partial charge in [-0.05, 0) is 44.5 Å². The van der Waals surface area contributed by atoms with E-state index in [1.807, 2.05) is 11.8 Å². The first kappa shape index (κ1) is 14.9. The lowest BCUT2D eigenvalue weighted by molar-refractivity contribution is -0.153. The predicted molar refractivity (Wildman–Crippen MR) is 73.8 cm³/mol. The first-order valence-electron chi connectivity index (χ1n) is 7.21. The van der Waals surface area contributed by atoms with Crippen molar-refractivity contribution in [2.45, 2.75) is 44.6 Å². The number of hydrogen-bond acceptors (Lipinski definition) is 3. The molecular formula is C15H21FN2O2. The van der Waals surface area contributed by atoms with Gasteiger partial charge in [0.05, 0.1) is 11.9 Å². The molecule has 0 radical (unpaired) electrons. The summed E-state index contributed by atoms with van der Waals surface area (Å²) in [6.45, 7) is 3.35. The summed E-state index contributed by atoms with van der Waals surface area (Å²) < 4.78 is 13.1. The van der Waals surface area contributed by atoms with Crippen LogP contribution >= 0.6 is 0 Å². The van der Waals surface area contributed by atoms with E-state index in [0.717, 1.165) is 45.0 Å². The Morgan fingerprint density at radius 2 is 2.00 bits per heavy atom. The Kier molecular flexibility index (Phi) is 4.70. The number of hydrogen-bond donors (Lipinski definition) is 1. The third-order valence-corrected chi connectivity index (χ3v) is 4.16. The molecule has 0 amide bonds. The number of carbonyl (C=O) groups is 1. The topological polar surface area (TPSA) is 53.4 Å². The van der Waals surface area contributed by atoms with E-state index in [4.69, 9.17) is 0 Å². The smallest absolute Gasteiger partial charge is 0.330 e. The lowest BCUT2D eigenvalue weighted by Crippen LogP contribution is -2.52. The molecule has 1 aromatic heterocycles. The van der Waals surface area contributed by atoms with Crippen molar-refractivity contribution < 1.29 is 14.3 Å². The maximum absolute atomic E-state index is 13.1. The van der Waals surface area contributed by atoms with E-state index in [-0.39, 0.29) is 0 Å². The van der Waals surface area contributed by atoms with Gasteiger partial charge in [-0.2, -0.15) is 0 Å². The summed E-state index contributed by atoms with van der Waals surface area (Å²) in [5.41, 5.74) is -0.714. The van der Waals surface area contributed by atoms with Crippen LogP contribution in [0.15, 0.2) is 18.3 Å². The Morgan fingerprint density at radius 3 is 2.45 bits per heavy atom. The van der Waals surface area contributed by atoms with Crippen LogP contribution in [-0.2, 0) is 10.3 Å². The van der Waals surface area contributed by atoms with Crippen LogP contribution in [0, 0.1) is 5.82 Å². The van der Waals surface area contributed by atoms with Gasteiger partial charge < -0.3 is 5.11 Å². The van der Waals surface area contributed by atoms with Crippen molar-refractivity contribution in [1.82, 2.24) is 9.88 Å². The zero-order chi connectivity index (χ0) is 14.6. The van der Waals surface area contributed by atoms with Crippen molar-refractivity contribution >= 4 is 5.97 Å². The van der Waals surface area contributed by atoms with Crippen LogP contribution < -0.4 is 0 Å². The molecule has 0 spiro atoms. The van der Waals surface area contributed by atoms with Crippen LogP contribution in [-0.4, -0.2) is 34.0 Å². The highest BCUT2D eigenvalue weighted by molar-refractivity contribution is 5.80. The summed E-state index contributed by atoms with van der Waals surface area (Å²) in [6.07, 6.45) is 5.77. The second kappa shape index (κ2) is 6.31. The molecule has 2 rings (SSSR count). The molecule has 1 aromatic rings. The Bertz CT molecular complexity index is 455. The highest BCUT2D eigenvalue weighted by atomic mass is 19.1. The first-order valence-corrected chi connectivity index (χ1v) is 7.21. The standard InChI is InChI=1S/C15H21FN2O2/c1-2-15(14(19)20,13-8-7-12(16)11-17-13)18-9-5-3-4-6-10-18/h7-8,11H,2-6,9-10H2,1H3,(H,19,20). The molecule has 0 saturated carbocycles. The molecule has 20 heavy (non-hydrogen) atoms. The number of pyridine rings is 1. The van der Waals surface area contributed by atoms with E-state index in [9.17, 15) is 14.3 Å². The highest BCUT2D eigenvalue weighted by Gasteiger charge is 2.45. The van der Waals surface area contributed by atoms with Crippen LogP contribution in [0.1, 0.15) is 44.7 Å². The number of halogens is 1. The van der Waals surface area contributed by atoms with Crippen LogP contribution in [0.25, 0.3) is 0 Å². The SMILES string of the molecule is CCC(C(=O)O)(c1ccc(F)cn1)N1CCCCCC1. The van der Waals surface area contributed by atoms with Crippen molar-refractivity contribution in [3.63, 3.8) is 0 Å². The number of rotatable bonds is 4. The summed E-state index contributed by atoms with van der Waals surface area (Å²) >= 11 is 0. The van der Waals surface area contributed by atoms with Gasteiger partial charge in [0.25, 0.3) is 0 Å². The van der Waals surface area contributed by atoms with Crippen molar-refractivity contribution in [2.24, 2.45) is 0 Å². The van der Waals surface area contributed by atoms with Crippen molar-refractivity contribution in [1.29, 1.82) is 0 Å². The summed E-state index contributed by atoms with van der Waals surface area (Å²) in [4.78, 5) is 18.0. The summed E-state index contributed by atoms with van der Waals surface area (Å²) in [5.74, 6) is -1.35. The molecular weight excluding hydrogens is 259 g/mol. The normalized spacial score (nSPS) is 20.1. The maximum atomic E-state index is 13.1. The van der Waals surface area contributed by atoms with E-state index in [2.05, 4.69) is 4.98 Å². The molecule has 1 aliphatic rings. The molecule has 1 fully saturated rings. The summed E-state index contributed by atoms with van der Waals surface area (Å²) in [5, 5.41) is 9.82. The number of carboxylic acids is 1. The molecule has 1 unspecified atom stereocenters. The zero-order valence-corrected chi connectivity index (χ0v) is 11.8. The zero-order valence-electron chi connectivity index (χ0n) is 11.8. The number of aliphatic carboxylic acids is 1. The van der Waals surface area contributed by atoms with Gasteiger partial charge in [0.15, 0.2) is 5.54 Å².